The molecule has 0 fully saturated rings. The van der Waals surface area contributed by atoms with Crippen LogP contribution >= 0.6 is 0 Å². The predicted molar refractivity (Wildman–Crippen MR) is 86.2 cm³/mol. The highest BCUT2D eigenvalue weighted by Crippen LogP contribution is 2.27. The summed E-state index contributed by atoms with van der Waals surface area (Å²) < 4.78 is 1.77. The third-order valence-electron chi connectivity index (χ3n) is 4.53. The molecule has 1 amide bonds. The number of aryl methyl sites for hydroxylation is 1. The molecule has 7 heteroatoms. The number of nitrogens with zero attached hydrogens (tertiary/aromatic N) is 4. The molecular weight excluding hydrogens is 308 g/mol. The van der Waals surface area contributed by atoms with Gasteiger partial charge >= 0.3 is 5.97 Å². The molecule has 1 aliphatic rings. The Balaban J connectivity index is 1.93. The van der Waals surface area contributed by atoms with Crippen molar-refractivity contribution in [3.05, 3.63) is 47.5 Å². The average Bonchev–Trinajstić information content (AvgIpc) is 2.95. The van der Waals surface area contributed by atoms with Crippen molar-refractivity contribution in [1.82, 2.24) is 19.7 Å². The molecule has 0 bridgehead atoms. The van der Waals surface area contributed by atoms with Crippen LogP contribution in [0.2, 0.25) is 0 Å². The highest BCUT2D eigenvalue weighted by atomic mass is 16.4. The van der Waals surface area contributed by atoms with Gasteiger partial charge in [-0.2, -0.15) is 0 Å². The van der Waals surface area contributed by atoms with E-state index in [1.807, 2.05) is 37.3 Å². The molecule has 0 spiro atoms. The van der Waals surface area contributed by atoms with E-state index < -0.39 is 12.0 Å². The molecule has 1 aromatic heterocycles. The first-order valence-electron chi connectivity index (χ1n) is 7.99. The van der Waals surface area contributed by atoms with Crippen LogP contribution in [0.25, 0.3) is 0 Å². The number of rotatable bonds is 4. The quantitative estimate of drug-likeness (QED) is 0.920. The van der Waals surface area contributed by atoms with Gasteiger partial charge in [-0.25, -0.2) is 4.79 Å². The van der Waals surface area contributed by atoms with Crippen LogP contribution in [0.1, 0.15) is 36.5 Å². The molecular formula is C17H20N4O3. The van der Waals surface area contributed by atoms with Gasteiger partial charge in [-0.1, -0.05) is 37.3 Å². The fraction of sp³-hybridized carbons (Fsp3) is 0.412. The molecule has 7 nitrogen and oxygen atoms in total. The lowest BCUT2D eigenvalue weighted by atomic mass is 9.94. The van der Waals surface area contributed by atoms with E-state index in [4.69, 9.17) is 0 Å². The summed E-state index contributed by atoms with van der Waals surface area (Å²) in [5.41, 5.74) is 0.900. The van der Waals surface area contributed by atoms with Gasteiger partial charge in [0.25, 0.3) is 0 Å². The maximum Gasteiger partial charge on any atom is 0.328 e. The third-order valence-corrected chi connectivity index (χ3v) is 4.53. The predicted octanol–water partition coefficient (Wildman–Crippen LogP) is 1.58. The number of aromatic nitrogens is 3. The van der Waals surface area contributed by atoms with Gasteiger partial charge in [0, 0.05) is 0 Å². The highest BCUT2D eigenvalue weighted by Gasteiger charge is 2.38. The summed E-state index contributed by atoms with van der Waals surface area (Å²) in [6.07, 6.45) is 0.609. The van der Waals surface area contributed by atoms with Gasteiger partial charge in [0.2, 0.25) is 5.91 Å². The molecule has 3 rings (SSSR count). The summed E-state index contributed by atoms with van der Waals surface area (Å²) >= 11 is 0. The Hall–Kier alpha value is -2.70. The minimum absolute atomic E-state index is 0.167. The molecule has 0 aliphatic carbocycles. The molecule has 2 heterocycles. The van der Waals surface area contributed by atoms with Crippen LogP contribution in [-0.2, 0) is 22.7 Å². The van der Waals surface area contributed by atoms with Crippen LogP contribution in [0.4, 0.5) is 0 Å². The molecule has 1 N–H and O–H groups in total. The average molecular weight is 328 g/mol. The number of aliphatic carboxylic acids is 1. The van der Waals surface area contributed by atoms with Crippen molar-refractivity contribution in [3.8, 4) is 0 Å². The Morgan fingerprint density at radius 2 is 2.00 bits per heavy atom. The summed E-state index contributed by atoms with van der Waals surface area (Å²) in [6, 6.07) is 8.56. The minimum Gasteiger partial charge on any atom is -0.480 e. The first-order valence-corrected chi connectivity index (χ1v) is 7.99. The van der Waals surface area contributed by atoms with Crippen LogP contribution in [0, 0.1) is 6.92 Å². The van der Waals surface area contributed by atoms with E-state index in [9.17, 15) is 14.7 Å². The summed E-state index contributed by atoms with van der Waals surface area (Å²) in [7, 11) is 0. The molecule has 0 saturated carbocycles. The van der Waals surface area contributed by atoms with Crippen LogP contribution in [0.15, 0.2) is 30.3 Å². The van der Waals surface area contributed by atoms with Gasteiger partial charge in [0.15, 0.2) is 5.82 Å². The molecule has 2 unspecified atom stereocenters. The molecule has 24 heavy (non-hydrogen) atoms. The molecule has 2 atom stereocenters. The van der Waals surface area contributed by atoms with Crippen LogP contribution in [0.3, 0.4) is 0 Å². The Kier molecular flexibility index (Phi) is 4.33. The van der Waals surface area contributed by atoms with Gasteiger partial charge < -0.3 is 14.6 Å². The molecule has 126 valence electrons. The lowest BCUT2D eigenvalue weighted by molar-refractivity contribution is -0.153. The minimum atomic E-state index is -1.01. The van der Waals surface area contributed by atoms with E-state index >= 15 is 0 Å². The van der Waals surface area contributed by atoms with Crippen molar-refractivity contribution in [2.75, 3.05) is 0 Å². The van der Waals surface area contributed by atoms with E-state index in [-0.39, 0.29) is 24.9 Å². The summed E-state index contributed by atoms with van der Waals surface area (Å²) in [4.78, 5) is 26.2. The summed E-state index contributed by atoms with van der Waals surface area (Å²) in [6.45, 7) is 4.06. The van der Waals surface area contributed by atoms with E-state index in [0.717, 1.165) is 5.56 Å². The third kappa shape index (κ3) is 2.77. The first-order chi connectivity index (χ1) is 11.5. The van der Waals surface area contributed by atoms with Crippen molar-refractivity contribution in [1.29, 1.82) is 0 Å². The van der Waals surface area contributed by atoms with Crippen LogP contribution in [-0.4, -0.2) is 42.7 Å². The van der Waals surface area contributed by atoms with E-state index in [0.29, 0.717) is 18.1 Å². The number of benzene rings is 1. The Morgan fingerprint density at radius 3 is 2.62 bits per heavy atom. The molecule has 0 saturated heterocycles. The lowest BCUT2D eigenvalue weighted by Gasteiger charge is -2.35. The topological polar surface area (TPSA) is 88.3 Å². The number of hydrogen-bond donors (Lipinski definition) is 1. The van der Waals surface area contributed by atoms with Gasteiger partial charge in [-0.05, 0) is 18.9 Å². The second-order valence-corrected chi connectivity index (χ2v) is 5.97. The molecule has 1 aromatic carbocycles. The number of carbonyl (C=O) groups is 2. The maximum atomic E-state index is 13.1. The fourth-order valence-corrected chi connectivity index (χ4v) is 3.19. The van der Waals surface area contributed by atoms with E-state index in [2.05, 4.69) is 10.2 Å². The number of fused-ring (bicyclic) bond motifs is 1. The largest absolute Gasteiger partial charge is 0.480 e. The zero-order valence-corrected chi connectivity index (χ0v) is 13.7. The molecule has 1 aliphatic heterocycles. The van der Waals surface area contributed by atoms with Crippen LogP contribution in [0.5, 0.6) is 0 Å². The Bertz CT molecular complexity index is 756. The Morgan fingerprint density at radius 1 is 1.29 bits per heavy atom. The number of hydrogen-bond acceptors (Lipinski definition) is 4. The Labute approximate surface area is 139 Å². The van der Waals surface area contributed by atoms with Crippen LogP contribution < -0.4 is 0 Å². The highest BCUT2D eigenvalue weighted by molar-refractivity contribution is 5.88. The summed E-state index contributed by atoms with van der Waals surface area (Å²) in [5.74, 6) is -0.253. The molecule has 2 aromatic rings. The standard InChI is InChI=1S/C17H20N4O3/c1-3-13(12-7-5-4-6-8-12)16(22)21-10-15-19-18-11(2)20(15)9-14(21)17(23)24/h4-8,13-14H,3,9-10H2,1-2H3,(H,23,24). The summed E-state index contributed by atoms with van der Waals surface area (Å²) in [5, 5.41) is 17.6. The number of carboxylic acid groups (broad SMARTS) is 1. The zero-order chi connectivity index (χ0) is 17.3. The normalized spacial score (nSPS) is 18.1. The zero-order valence-electron chi connectivity index (χ0n) is 13.7. The number of amides is 1. The van der Waals surface area contributed by atoms with Gasteiger partial charge in [0.05, 0.1) is 19.0 Å². The lowest BCUT2D eigenvalue weighted by Crippen LogP contribution is -2.52. The maximum absolute atomic E-state index is 13.1. The van der Waals surface area contributed by atoms with Gasteiger partial charge in [0.1, 0.15) is 11.9 Å². The number of carbonyl (C=O) groups excluding carboxylic acids is 1. The van der Waals surface area contributed by atoms with Crippen molar-refractivity contribution < 1.29 is 14.7 Å². The van der Waals surface area contributed by atoms with Crippen molar-refractivity contribution in [3.63, 3.8) is 0 Å². The van der Waals surface area contributed by atoms with E-state index in [1.54, 1.807) is 11.5 Å². The van der Waals surface area contributed by atoms with E-state index in [1.165, 1.54) is 4.90 Å². The second-order valence-electron chi connectivity index (χ2n) is 5.97. The monoisotopic (exact) mass is 328 g/mol. The van der Waals surface area contributed by atoms with Crippen molar-refractivity contribution in [2.24, 2.45) is 0 Å². The first kappa shape index (κ1) is 16.2. The number of carboxylic acids is 1. The van der Waals surface area contributed by atoms with Gasteiger partial charge in [-0.3, -0.25) is 4.79 Å². The molecule has 0 radical (unpaired) electrons. The van der Waals surface area contributed by atoms with Crippen molar-refractivity contribution in [2.45, 2.75) is 45.3 Å². The van der Waals surface area contributed by atoms with Gasteiger partial charge in [-0.15, -0.1) is 10.2 Å². The smallest absolute Gasteiger partial charge is 0.328 e. The SMILES string of the molecule is CCC(C(=O)N1Cc2nnc(C)n2CC1C(=O)O)c1ccccc1. The fourth-order valence-electron chi connectivity index (χ4n) is 3.19. The second kappa shape index (κ2) is 6.43. The van der Waals surface area contributed by atoms with Crippen molar-refractivity contribution >= 4 is 11.9 Å².